The Balaban J connectivity index is 1.47. The van der Waals surface area contributed by atoms with E-state index < -0.39 is 0 Å². The van der Waals surface area contributed by atoms with Gasteiger partial charge in [-0.15, -0.1) is 11.3 Å². The molecule has 0 radical (unpaired) electrons. The van der Waals surface area contributed by atoms with Gasteiger partial charge >= 0.3 is 0 Å². The van der Waals surface area contributed by atoms with Crippen molar-refractivity contribution >= 4 is 56.2 Å². The summed E-state index contributed by atoms with van der Waals surface area (Å²) < 4.78 is 1.97. The molecule has 0 aliphatic heterocycles. The highest BCUT2D eigenvalue weighted by atomic mass is 32.2. The Labute approximate surface area is 176 Å². The van der Waals surface area contributed by atoms with Gasteiger partial charge < -0.3 is 5.11 Å². The summed E-state index contributed by atoms with van der Waals surface area (Å²) in [5.41, 5.74) is 4.13. The number of thiazole rings is 1. The number of fused-ring (bicyclic) bond motifs is 2. The second-order valence-corrected chi connectivity index (χ2v) is 8.90. The van der Waals surface area contributed by atoms with Crippen LogP contribution in [0.3, 0.4) is 0 Å². The van der Waals surface area contributed by atoms with Gasteiger partial charge in [0.1, 0.15) is 5.75 Å². The summed E-state index contributed by atoms with van der Waals surface area (Å²) in [6.07, 6.45) is 2.14. The van der Waals surface area contributed by atoms with Gasteiger partial charge in [0, 0.05) is 5.56 Å². The number of nitrogens with zero attached hydrogens (tertiary/aromatic N) is 2. The van der Waals surface area contributed by atoms with Gasteiger partial charge in [0.25, 0.3) is 5.91 Å². The van der Waals surface area contributed by atoms with Crippen molar-refractivity contribution in [2.24, 2.45) is 5.10 Å². The van der Waals surface area contributed by atoms with E-state index in [2.05, 4.69) is 15.5 Å². The summed E-state index contributed by atoms with van der Waals surface area (Å²) in [6.45, 7) is 1.96. The Kier molecular flexibility index (Phi) is 5.78. The van der Waals surface area contributed by atoms with Crippen molar-refractivity contribution in [2.75, 3.05) is 0 Å². The second kappa shape index (κ2) is 8.63. The number of aromatic hydroxyl groups is 1. The molecule has 2 N–H and O–H groups in total. The van der Waals surface area contributed by atoms with Crippen molar-refractivity contribution < 1.29 is 9.90 Å². The third-order valence-electron chi connectivity index (χ3n) is 4.50. The Hall–Kier alpha value is -2.90. The van der Waals surface area contributed by atoms with Crippen LogP contribution >= 0.6 is 23.1 Å². The zero-order chi connectivity index (χ0) is 20.2. The highest BCUT2D eigenvalue weighted by molar-refractivity contribution is 8.02. The normalized spacial score (nSPS) is 12.6. The molecule has 0 fully saturated rings. The van der Waals surface area contributed by atoms with Gasteiger partial charge in [-0.25, -0.2) is 10.4 Å². The molecule has 3 aromatic carbocycles. The van der Waals surface area contributed by atoms with E-state index in [-0.39, 0.29) is 16.9 Å². The van der Waals surface area contributed by atoms with E-state index in [4.69, 9.17) is 0 Å². The molecule has 7 heteroatoms. The van der Waals surface area contributed by atoms with E-state index in [1.54, 1.807) is 17.4 Å². The van der Waals surface area contributed by atoms with E-state index in [0.717, 1.165) is 25.3 Å². The van der Waals surface area contributed by atoms with E-state index in [9.17, 15) is 9.90 Å². The Bertz CT molecular complexity index is 1170. The predicted molar refractivity (Wildman–Crippen MR) is 121 cm³/mol. The SMILES string of the molecule is CC[C@@H](Sc1nc2ccccc2s1)C(=O)N/N=C/c1c(O)ccc2ccccc12. The molecular formula is C22H19N3O2S2. The lowest BCUT2D eigenvalue weighted by molar-refractivity contribution is -0.120. The first-order valence-corrected chi connectivity index (χ1v) is 10.9. The van der Waals surface area contributed by atoms with Crippen LogP contribution in [0.25, 0.3) is 21.0 Å². The third kappa shape index (κ3) is 4.26. The van der Waals surface area contributed by atoms with Crippen LogP contribution in [0, 0.1) is 0 Å². The summed E-state index contributed by atoms with van der Waals surface area (Å²) in [5.74, 6) is -0.0645. The minimum absolute atomic E-state index is 0.123. The zero-order valence-electron chi connectivity index (χ0n) is 15.7. The number of para-hydroxylation sites is 1. The van der Waals surface area contributed by atoms with Crippen LogP contribution in [0.2, 0.25) is 0 Å². The molecule has 0 unspecified atom stereocenters. The monoisotopic (exact) mass is 421 g/mol. The number of amides is 1. The molecule has 0 saturated heterocycles. The Morgan fingerprint density at radius 3 is 2.83 bits per heavy atom. The topological polar surface area (TPSA) is 74.6 Å². The quantitative estimate of drug-likeness (QED) is 0.256. The van der Waals surface area contributed by atoms with Gasteiger partial charge in [-0.3, -0.25) is 4.79 Å². The molecular weight excluding hydrogens is 402 g/mol. The minimum atomic E-state index is -0.297. The van der Waals surface area contributed by atoms with Crippen molar-refractivity contribution in [3.05, 3.63) is 66.2 Å². The van der Waals surface area contributed by atoms with E-state index >= 15 is 0 Å². The summed E-state index contributed by atoms with van der Waals surface area (Å²) >= 11 is 3.03. The smallest absolute Gasteiger partial charge is 0.253 e. The standard InChI is InChI=1S/C22H19N3O2S2/c1-2-19(28-22-24-17-9-5-6-10-20(17)29-22)21(27)25-23-13-16-15-8-4-3-7-14(15)11-12-18(16)26/h3-13,19,26H,2H2,1H3,(H,25,27)/b23-13+/t19-/m1/s1. The number of thioether (sulfide) groups is 1. The number of phenolic OH excluding ortho intramolecular Hbond substituents is 1. The molecule has 0 spiro atoms. The fraction of sp³-hybridized carbons (Fsp3) is 0.136. The van der Waals surface area contributed by atoms with Crippen LogP contribution in [0.1, 0.15) is 18.9 Å². The van der Waals surface area contributed by atoms with Gasteiger partial charge in [0.05, 0.1) is 21.7 Å². The average Bonchev–Trinajstić information content (AvgIpc) is 3.16. The van der Waals surface area contributed by atoms with Gasteiger partial charge in [-0.2, -0.15) is 5.10 Å². The Morgan fingerprint density at radius 2 is 2.00 bits per heavy atom. The number of rotatable bonds is 6. The molecule has 1 amide bonds. The highest BCUT2D eigenvalue weighted by Gasteiger charge is 2.19. The van der Waals surface area contributed by atoms with Crippen molar-refractivity contribution in [3.63, 3.8) is 0 Å². The largest absolute Gasteiger partial charge is 0.507 e. The highest BCUT2D eigenvalue weighted by Crippen LogP contribution is 2.33. The number of hydrogen-bond acceptors (Lipinski definition) is 6. The molecule has 0 aliphatic carbocycles. The summed E-state index contributed by atoms with van der Waals surface area (Å²) in [5, 5.41) is 15.8. The van der Waals surface area contributed by atoms with Crippen LogP contribution in [0.4, 0.5) is 0 Å². The van der Waals surface area contributed by atoms with Gasteiger partial charge in [0.15, 0.2) is 4.34 Å². The molecule has 1 heterocycles. The second-order valence-electron chi connectivity index (χ2n) is 6.42. The molecule has 0 bridgehead atoms. The summed E-state index contributed by atoms with van der Waals surface area (Å²) in [7, 11) is 0. The van der Waals surface area contributed by atoms with Crippen molar-refractivity contribution in [3.8, 4) is 5.75 Å². The first-order valence-electron chi connectivity index (χ1n) is 9.21. The number of hydrogen-bond donors (Lipinski definition) is 2. The molecule has 4 aromatic rings. The fourth-order valence-electron chi connectivity index (χ4n) is 3.00. The molecule has 0 aliphatic rings. The van der Waals surface area contributed by atoms with E-state index in [0.29, 0.717) is 12.0 Å². The maximum atomic E-state index is 12.6. The average molecular weight is 422 g/mol. The minimum Gasteiger partial charge on any atom is -0.507 e. The first kappa shape index (κ1) is 19.4. The maximum Gasteiger partial charge on any atom is 0.253 e. The fourth-order valence-corrected chi connectivity index (χ4v) is 5.23. The van der Waals surface area contributed by atoms with Gasteiger partial charge in [-0.1, -0.05) is 61.2 Å². The molecule has 1 aromatic heterocycles. The molecule has 4 rings (SSSR count). The molecule has 5 nitrogen and oxygen atoms in total. The van der Waals surface area contributed by atoms with Crippen molar-refractivity contribution in [1.29, 1.82) is 0 Å². The van der Waals surface area contributed by atoms with E-state index in [1.165, 1.54) is 18.0 Å². The molecule has 1 atom stereocenters. The number of carbonyl (C=O) groups excluding carboxylic acids is 1. The van der Waals surface area contributed by atoms with Crippen LogP contribution in [-0.2, 0) is 4.79 Å². The summed E-state index contributed by atoms with van der Waals surface area (Å²) in [6, 6.07) is 19.1. The number of nitrogens with one attached hydrogen (secondary N) is 1. The predicted octanol–water partition coefficient (Wildman–Crippen LogP) is 5.18. The number of benzene rings is 3. The number of hydrazone groups is 1. The van der Waals surface area contributed by atoms with Crippen LogP contribution in [0.15, 0.2) is 70.1 Å². The number of aromatic nitrogens is 1. The molecule has 146 valence electrons. The van der Waals surface area contributed by atoms with Gasteiger partial charge in [-0.05, 0) is 35.4 Å². The lowest BCUT2D eigenvalue weighted by Gasteiger charge is -2.10. The van der Waals surface area contributed by atoms with Crippen molar-refractivity contribution in [1.82, 2.24) is 10.4 Å². The summed E-state index contributed by atoms with van der Waals surface area (Å²) in [4.78, 5) is 17.2. The zero-order valence-corrected chi connectivity index (χ0v) is 17.3. The van der Waals surface area contributed by atoms with Crippen LogP contribution < -0.4 is 5.43 Å². The third-order valence-corrected chi connectivity index (χ3v) is 6.99. The maximum absolute atomic E-state index is 12.6. The molecule has 29 heavy (non-hydrogen) atoms. The number of carbonyl (C=O) groups is 1. The van der Waals surface area contributed by atoms with Crippen LogP contribution in [-0.4, -0.2) is 27.5 Å². The van der Waals surface area contributed by atoms with Crippen molar-refractivity contribution in [2.45, 2.75) is 22.9 Å². The van der Waals surface area contributed by atoms with Gasteiger partial charge in [0.2, 0.25) is 0 Å². The molecule has 0 saturated carbocycles. The lowest BCUT2D eigenvalue weighted by Crippen LogP contribution is -2.28. The van der Waals surface area contributed by atoms with Crippen LogP contribution in [0.5, 0.6) is 5.75 Å². The van der Waals surface area contributed by atoms with E-state index in [1.807, 2.05) is 61.5 Å². The lowest BCUT2D eigenvalue weighted by atomic mass is 10.0. The Morgan fingerprint density at radius 1 is 1.21 bits per heavy atom. The number of phenols is 1. The first-order chi connectivity index (χ1) is 14.2.